The molecule has 0 aromatic heterocycles. The lowest BCUT2D eigenvalue weighted by molar-refractivity contribution is 0.0938. The van der Waals surface area contributed by atoms with E-state index in [0.29, 0.717) is 17.2 Å². The molecule has 0 aliphatic carbocycles. The van der Waals surface area contributed by atoms with Gasteiger partial charge in [-0.2, -0.15) is 0 Å². The van der Waals surface area contributed by atoms with Crippen molar-refractivity contribution in [2.45, 2.75) is 46.6 Å². The van der Waals surface area contributed by atoms with Crippen molar-refractivity contribution in [3.8, 4) is 0 Å². The molecule has 0 fully saturated rings. The lowest BCUT2D eigenvalue weighted by Gasteiger charge is -2.16. The van der Waals surface area contributed by atoms with Crippen LogP contribution in [0.25, 0.3) is 0 Å². The van der Waals surface area contributed by atoms with Gasteiger partial charge >= 0.3 is 0 Å². The second-order valence-electron chi connectivity index (χ2n) is 5.44. The summed E-state index contributed by atoms with van der Waals surface area (Å²) in [4.78, 5) is 12.0. The highest BCUT2D eigenvalue weighted by Crippen LogP contribution is 2.14. The topological polar surface area (TPSA) is 55.1 Å². The fraction of sp³-hybridized carbons (Fsp3) is 0.533. The normalized spacial score (nSPS) is 12.5. The number of nitrogens with one attached hydrogen (secondary N) is 1. The Morgan fingerprint density at radius 1 is 1.28 bits per heavy atom. The summed E-state index contributed by atoms with van der Waals surface area (Å²) < 4.78 is 0. The average molecular weight is 248 g/mol. The Labute approximate surface area is 110 Å². The zero-order valence-electron chi connectivity index (χ0n) is 11.8. The van der Waals surface area contributed by atoms with Gasteiger partial charge in [-0.25, -0.2) is 0 Å². The first-order valence-electron chi connectivity index (χ1n) is 6.57. The van der Waals surface area contributed by atoms with E-state index in [4.69, 9.17) is 5.73 Å². The molecule has 1 rings (SSSR count). The van der Waals surface area contributed by atoms with Gasteiger partial charge < -0.3 is 11.1 Å². The highest BCUT2D eigenvalue weighted by atomic mass is 16.1. The highest BCUT2D eigenvalue weighted by molar-refractivity contribution is 5.99. The second kappa shape index (κ2) is 6.43. The molecule has 1 aromatic carbocycles. The van der Waals surface area contributed by atoms with Crippen molar-refractivity contribution in [2.75, 3.05) is 5.73 Å². The smallest absolute Gasteiger partial charge is 0.253 e. The second-order valence-corrected chi connectivity index (χ2v) is 5.44. The molecule has 3 heteroatoms. The number of aryl methyl sites for hydroxylation is 1. The summed E-state index contributed by atoms with van der Waals surface area (Å²) in [5.74, 6) is 0.581. The molecule has 0 saturated heterocycles. The third-order valence-electron chi connectivity index (χ3n) is 3.01. The van der Waals surface area contributed by atoms with Gasteiger partial charge in [-0.05, 0) is 50.3 Å². The Morgan fingerprint density at radius 2 is 1.94 bits per heavy atom. The van der Waals surface area contributed by atoms with Crippen LogP contribution in [0.4, 0.5) is 5.69 Å². The number of rotatable bonds is 5. The molecule has 18 heavy (non-hydrogen) atoms. The van der Waals surface area contributed by atoms with Crippen LogP contribution >= 0.6 is 0 Å². The van der Waals surface area contributed by atoms with E-state index in [1.54, 1.807) is 6.07 Å². The number of nitrogens with two attached hydrogens (primary N) is 1. The molecule has 1 unspecified atom stereocenters. The molecule has 0 spiro atoms. The maximum Gasteiger partial charge on any atom is 0.253 e. The van der Waals surface area contributed by atoms with Crippen LogP contribution in [0, 0.1) is 12.8 Å². The highest BCUT2D eigenvalue weighted by Gasteiger charge is 2.12. The minimum atomic E-state index is -0.0799. The lowest BCUT2D eigenvalue weighted by atomic mass is 10.0. The van der Waals surface area contributed by atoms with E-state index in [1.165, 1.54) is 0 Å². The summed E-state index contributed by atoms with van der Waals surface area (Å²) in [6, 6.07) is 5.70. The van der Waals surface area contributed by atoms with Crippen LogP contribution in [0.5, 0.6) is 0 Å². The Morgan fingerprint density at radius 3 is 2.50 bits per heavy atom. The first kappa shape index (κ1) is 14.6. The molecule has 0 saturated carbocycles. The Hall–Kier alpha value is -1.51. The van der Waals surface area contributed by atoms with Crippen LogP contribution in [0.15, 0.2) is 18.2 Å². The lowest BCUT2D eigenvalue weighted by Crippen LogP contribution is -2.33. The molecule has 0 bridgehead atoms. The molecule has 0 aliphatic rings. The quantitative estimate of drug-likeness (QED) is 0.787. The zero-order valence-corrected chi connectivity index (χ0v) is 11.8. The molecule has 1 aromatic rings. The van der Waals surface area contributed by atoms with Crippen LogP contribution in [0.2, 0.25) is 0 Å². The van der Waals surface area contributed by atoms with Crippen LogP contribution in [-0.2, 0) is 0 Å². The van der Waals surface area contributed by atoms with Crippen LogP contribution in [0.1, 0.15) is 49.5 Å². The molecule has 3 nitrogen and oxygen atoms in total. The van der Waals surface area contributed by atoms with Gasteiger partial charge in [-0.3, -0.25) is 4.79 Å². The van der Waals surface area contributed by atoms with Crippen molar-refractivity contribution in [3.05, 3.63) is 29.3 Å². The van der Waals surface area contributed by atoms with Gasteiger partial charge in [0.25, 0.3) is 5.91 Å². The van der Waals surface area contributed by atoms with Crippen molar-refractivity contribution in [1.82, 2.24) is 5.32 Å². The van der Waals surface area contributed by atoms with Gasteiger partial charge in [0.2, 0.25) is 0 Å². The number of benzene rings is 1. The third-order valence-corrected chi connectivity index (χ3v) is 3.01. The van der Waals surface area contributed by atoms with E-state index in [1.807, 2.05) is 26.0 Å². The summed E-state index contributed by atoms with van der Waals surface area (Å²) in [7, 11) is 0. The number of carbonyl (C=O) groups is 1. The number of hydrogen-bond donors (Lipinski definition) is 2. The van der Waals surface area contributed by atoms with Gasteiger partial charge in [0.05, 0.1) is 5.56 Å². The summed E-state index contributed by atoms with van der Waals surface area (Å²) in [5.41, 5.74) is 8.04. The fourth-order valence-electron chi connectivity index (χ4n) is 1.85. The van der Waals surface area contributed by atoms with E-state index in [9.17, 15) is 4.79 Å². The van der Waals surface area contributed by atoms with E-state index in [0.717, 1.165) is 18.4 Å². The number of nitrogen functional groups attached to an aromatic ring is 1. The molecule has 3 N–H and O–H groups in total. The maximum absolute atomic E-state index is 12.0. The number of amides is 1. The predicted octanol–water partition coefficient (Wildman–Crippen LogP) is 3.13. The van der Waals surface area contributed by atoms with Gasteiger partial charge in [0, 0.05) is 11.7 Å². The standard InChI is InChI=1S/C15H24N2O/c1-10(2)5-7-12(4)17-15(18)13-8-6-11(3)9-14(13)16/h6,8-10,12H,5,7,16H2,1-4H3,(H,17,18). The van der Waals surface area contributed by atoms with E-state index in [2.05, 4.69) is 19.2 Å². The van der Waals surface area contributed by atoms with Crippen molar-refractivity contribution >= 4 is 11.6 Å². The molecule has 100 valence electrons. The molecule has 1 atom stereocenters. The summed E-state index contributed by atoms with van der Waals surface area (Å²) in [5, 5.41) is 2.99. The summed E-state index contributed by atoms with van der Waals surface area (Å²) in [6.07, 6.45) is 2.11. The first-order chi connectivity index (χ1) is 8.40. The molecule has 0 heterocycles. The minimum absolute atomic E-state index is 0.0799. The van der Waals surface area contributed by atoms with E-state index >= 15 is 0 Å². The molecular formula is C15H24N2O. The monoisotopic (exact) mass is 248 g/mol. The molecular weight excluding hydrogens is 224 g/mol. The van der Waals surface area contributed by atoms with Crippen molar-refractivity contribution in [2.24, 2.45) is 5.92 Å². The SMILES string of the molecule is Cc1ccc(C(=O)NC(C)CCC(C)C)c(N)c1. The average Bonchev–Trinajstić information content (AvgIpc) is 2.26. The third kappa shape index (κ3) is 4.40. The van der Waals surface area contributed by atoms with Crippen LogP contribution < -0.4 is 11.1 Å². The number of anilines is 1. The van der Waals surface area contributed by atoms with Crippen LogP contribution in [0.3, 0.4) is 0 Å². The minimum Gasteiger partial charge on any atom is -0.398 e. The number of hydrogen-bond acceptors (Lipinski definition) is 2. The molecule has 0 radical (unpaired) electrons. The van der Waals surface area contributed by atoms with E-state index < -0.39 is 0 Å². The van der Waals surface area contributed by atoms with Crippen molar-refractivity contribution in [3.63, 3.8) is 0 Å². The summed E-state index contributed by atoms with van der Waals surface area (Å²) in [6.45, 7) is 8.37. The molecule has 1 amide bonds. The van der Waals surface area contributed by atoms with Gasteiger partial charge in [0.1, 0.15) is 0 Å². The fourth-order valence-corrected chi connectivity index (χ4v) is 1.85. The van der Waals surface area contributed by atoms with Crippen molar-refractivity contribution in [1.29, 1.82) is 0 Å². The zero-order chi connectivity index (χ0) is 13.7. The summed E-state index contributed by atoms with van der Waals surface area (Å²) >= 11 is 0. The maximum atomic E-state index is 12.0. The van der Waals surface area contributed by atoms with Gasteiger partial charge in [-0.1, -0.05) is 19.9 Å². The van der Waals surface area contributed by atoms with Crippen molar-refractivity contribution < 1.29 is 4.79 Å². The van der Waals surface area contributed by atoms with E-state index in [-0.39, 0.29) is 11.9 Å². The van der Waals surface area contributed by atoms with Gasteiger partial charge in [-0.15, -0.1) is 0 Å². The Balaban J connectivity index is 2.59. The van der Waals surface area contributed by atoms with Crippen LogP contribution in [-0.4, -0.2) is 11.9 Å². The first-order valence-corrected chi connectivity index (χ1v) is 6.57. The van der Waals surface area contributed by atoms with Gasteiger partial charge in [0.15, 0.2) is 0 Å². The number of carbonyl (C=O) groups excluding carboxylic acids is 1. The Kier molecular flexibility index (Phi) is 5.20. The molecule has 0 aliphatic heterocycles. The Bertz CT molecular complexity index is 413. The predicted molar refractivity (Wildman–Crippen MR) is 76.6 cm³/mol. The largest absolute Gasteiger partial charge is 0.398 e.